The first-order chi connectivity index (χ1) is 13.5. The van der Waals surface area contributed by atoms with Gasteiger partial charge in [-0.1, -0.05) is 55.5 Å². The summed E-state index contributed by atoms with van der Waals surface area (Å²) < 4.78 is 0. The van der Waals surface area contributed by atoms with Crippen molar-refractivity contribution in [3.05, 3.63) is 65.5 Å². The third-order valence-corrected chi connectivity index (χ3v) is 5.51. The largest absolute Gasteiger partial charge is 0.368 e. The lowest BCUT2D eigenvalue weighted by atomic mass is 9.89. The lowest BCUT2D eigenvalue weighted by Crippen LogP contribution is -2.59. The van der Waals surface area contributed by atoms with Crippen LogP contribution in [0.5, 0.6) is 0 Å². The SMILES string of the molecule is Cc1ccc([C@@H](NC(=O)NC2(C(N)=O)CCCCCC2)c2ccncc2)cc1. The number of carbonyl (C=O) groups is 2. The molecule has 6 heteroatoms. The van der Waals surface area contributed by atoms with Crippen LogP contribution in [0, 0.1) is 6.92 Å². The molecule has 1 saturated carbocycles. The molecule has 28 heavy (non-hydrogen) atoms. The Kier molecular flexibility index (Phi) is 6.29. The first-order valence-electron chi connectivity index (χ1n) is 9.85. The monoisotopic (exact) mass is 380 g/mol. The van der Waals surface area contributed by atoms with Gasteiger partial charge in [0, 0.05) is 12.4 Å². The highest BCUT2D eigenvalue weighted by atomic mass is 16.2. The fourth-order valence-corrected chi connectivity index (χ4v) is 3.82. The van der Waals surface area contributed by atoms with Crippen LogP contribution >= 0.6 is 0 Å². The first kappa shape index (κ1) is 19.9. The summed E-state index contributed by atoms with van der Waals surface area (Å²) in [6.45, 7) is 2.02. The minimum absolute atomic E-state index is 0.348. The van der Waals surface area contributed by atoms with Crippen LogP contribution < -0.4 is 16.4 Å². The van der Waals surface area contributed by atoms with E-state index in [4.69, 9.17) is 5.73 Å². The van der Waals surface area contributed by atoms with Crippen molar-refractivity contribution in [1.29, 1.82) is 0 Å². The van der Waals surface area contributed by atoms with Crippen LogP contribution in [-0.2, 0) is 4.79 Å². The number of carbonyl (C=O) groups excluding carboxylic acids is 2. The highest BCUT2D eigenvalue weighted by Crippen LogP contribution is 2.28. The summed E-state index contributed by atoms with van der Waals surface area (Å²) in [5, 5.41) is 5.94. The lowest BCUT2D eigenvalue weighted by Gasteiger charge is -2.31. The number of aromatic nitrogens is 1. The number of rotatable bonds is 5. The predicted octanol–water partition coefficient (Wildman–Crippen LogP) is 3.36. The minimum atomic E-state index is -0.976. The van der Waals surface area contributed by atoms with E-state index in [2.05, 4.69) is 15.6 Å². The van der Waals surface area contributed by atoms with Gasteiger partial charge in [0.15, 0.2) is 0 Å². The normalized spacial score (nSPS) is 17.2. The molecule has 1 atom stereocenters. The third-order valence-electron chi connectivity index (χ3n) is 5.51. The molecule has 1 aliphatic rings. The molecular formula is C22H28N4O2. The number of urea groups is 1. The Bertz CT molecular complexity index is 797. The molecule has 1 fully saturated rings. The Morgan fingerprint density at radius 3 is 2.11 bits per heavy atom. The maximum atomic E-state index is 12.9. The molecule has 2 aromatic rings. The molecule has 0 radical (unpaired) electrons. The van der Waals surface area contributed by atoms with Crippen molar-refractivity contribution >= 4 is 11.9 Å². The van der Waals surface area contributed by atoms with E-state index in [-0.39, 0.29) is 12.1 Å². The third kappa shape index (κ3) is 4.68. The quantitative estimate of drug-likeness (QED) is 0.694. The van der Waals surface area contributed by atoms with Gasteiger partial charge in [-0.2, -0.15) is 0 Å². The van der Waals surface area contributed by atoms with Gasteiger partial charge in [-0.05, 0) is 43.0 Å². The maximum Gasteiger partial charge on any atom is 0.316 e. The van der Waals surface area contributed by atoms with Crippen LogP contribution in [-0.4, -0.2) is 22.5 Å². The van der Waals surface area contributed by atoms with Crippen molar-refractivity contribution in [2.75, 3.05) is 0 Å². The standard InChI is InChI=1S/C22H28N4O2/c1-16-6-8-17(9-7-16)19(18-10-14-24-15-11-18)25-21(28)26-22(20(23)27)12-4-2-3-5-13-22/h6-11,14-15,19H,2-5,12-13H2,1H3,(H2,23,27)(H2,25,26,28)/t19-/m1/s1. The maximum absolute atomic E-state index is 12.9. The van der Waals surface area contributed by atoms with Gasteiger partial charge in [0.2, 0.25) is 5.91 Å². The molecule has 0 unspecified atom stereocenters. The summed E-state index contributed by atoms with van der Waals surface area (Å²) in [6.07, 6.45) is 8.45. The van der Waals surface area contributed by atoms with Gasteiger partial charge in [-0.25, -0.2) is 4.79 Å². The molecule has 1 aromatic carbocycles. The van der Waals surface area contributed by atoms with E-state index in [1.807, 2.05) is 43.3 Å². The molecular weight excluding hydrogens is 352 g/mol. The van der Waals surface area contributed by atoms with Gasteiger partial charge in [0.05, 0.1) is 6.04 Å². The highest BCUT2D eigenvalue weighted by Gasteiger charge is 2.38. The van der Waals surface area contributed by atoms with E-state index in [9.17, 15) is 9.59 Å². The minimum Gasteiger partial charge on any atom is -0.368 e. The smallest absolute Gasteiger partial charge is 0.316 e. The second kappa shape index (κ2) is 8.87. The van der Waals surface area contributed by atoms with Crippen molar-refractivity contribution in [1.82, 2.24) is 15.6 Å². The van der Waals surface area contributed by atoms with Gasteiger partial charge >= 0.3 is 6.03 Å². The molecule has 0 bridgehead atoms. The second-order valence-electron chi connectivity index (χ2n) is 7.58. The number of amides is 3. The molecule has 3 rings (SSSR count). The molecule has 0 aliphatic heterocycles. The first-order valence-corrected chi connectivity index (χ1v) is 9.85. The fraction of sp³-hybridized carbons (Fsp3) is 0.409. The number of aryl methyl sites for hydroxylation is 1. The Morgan fingerprint density at radius 1 is 0.964 bits per heavy atom. The molecule has 0 spiro atoms. The number of pyridine rings is 1. The van der Waals surface area contributed by atoms with Crippen molar-refractivity contribution in [2.45, 2.75) is 57.0 Å². The number of nitrogens with zero attached hydrogens (tertiary/aromatic N) is 1. The average molecular weight is 380 g/mol. The van der Waals surface area contributed by atoms with E-state index in [0.717, 1.165) is 42.4 Å². The van der Waals surface area contributed by atoms with Crippen molar-refractivity contribution in [2.24, 2.45) is 5.73 Å². The molecule has 0 saturated heterocycles. The van der Waals surface area contributed by atoms with Gasteiger partial charge < -0.3 is 16.4 Å². The molecule has 4 N–H and O–H groups in total. The number of hydrogen-bond acceptors (Lipinski definition) is 3. The van der Waals surface area contributed by atoms with E-state index < -0.39 is 11.4 Å². The second-order valence-corrected chi connectivity index (χ2v) is 7.58. The Hall–Kier alpha value is -2.89. The van der Waals surface area contributed by atoms with E-state index in [1.54, 1.807) is 12.4 Å². The zero-order valence-electron chi connectivity index (χ0n) is 16.3. The van der Waals surface area contributed by atoms with Gasteiger partial charge in [-0.3, -0.25) is 9.78 Å². The van der Waals surface area contributed by atoms with Crippen LogP contribution in [0.4, 0.5) is 4.79 Å². The summed E-state index contributed by atoms with van der Waals surface area (Å²) in [4.78, 5) is 29.2. The molecule has 3 amide bonds. The molecule has 148 valence electrons. The van der Waals surface area contributed by atoms with Gasteiger partial charge in [0.25, 0.3) is 0 Å². The number of nitrogens with one attached hydrogen (secondary N) is 2. The fourth-order valence-electron chi connectivity index (χ4n) is 3.82. The summed E-state index contributed by atoms with van der Waals surface area (Å²) >= 11 is 0. The Labute approximate surface area is 165 Å². The van der Waals surface area contributed by atoms with Crippen LogP contribution in [0.3, 0.4) is 0 Å². The van der Waals surface area contributed by atoms with E-state index >= 15 is 0 Å². The Morgan fingerprint density at radius 2 is 1.54 bits per heavy atom. The Balaban J connectivity index is 1.82. The van der Waals surface area contributed by atoms with E-state index in [0.29, 0.717) is 12.8 Å². The van der Waals surface area contributed by atoms with Crippen molar-refractivity contribution < 1.29 is 9.59 Å². The zero-order chi connectivity index (χ0) is 20.0. The summed E-state index contributed by atoms with van der Waals surface area (Å²) in [5.74, 6) is -0.458. The van der Waals surface area contributed by atoms with Crippen LogP contribution in [0.25, 0.3) is 0 Å². The van der Waals surface area contributed by atoms with Crippen LogP contribution in [0.15, 0.2) is 48.8 Å². The van der Waals surface area contributed by atoms with Crippen molar-refractivity contribution in [3.63, 3.8) is 0 Å². The van der Waals surface area contributed by atoms with Crippen LogP contribution in [0.2, 0.25) is 0 Å². The number of hydrogen-bond donors (Lipinski definition) is 3. The zero-order valence-corrected chi connectivity index (χ0v) is 16.3. The molecule has 6 nitrogen and oxygen atoms in total. The van der Waals surface area contributed by atoms with Crippen LogP contribution in [0.1, 0.15) is 61.3 Å². The summed E-state index contributed by atoms with van der Waals surface area (Å²) in [5.41, 5.74) is 7.75. The highest BCUT2D eigenvalue weighted by molar-refractivity contribution is 5.90. The topological polar surface area (TPSA) is 97.1 Å². The number of primary amides is 1. The average Bonchev–Trinajstić information content (AvgIpc) is 2.94. The number of nitrogens with two attached hydrogens (primary N) is 1. The predicted molar refractivity (Wildman–Crippen MR) is 109 cm³/mol. The summed E-state index contributed by atoms with van der Waals surface area (Å²) in [7, 11) is 0. The van der Waals surface area contributed by atoms with Gasteiger partial charge in [0.1, 0.15) is 5.54 Å². The molecule has 1 heterocycles. The summed E-state index contributed by atoms with van der Waals surface area (Å²) in [6, 6.07) is 11.0. The molecule has 1 aromatic heterocycles. The van der Waals surface area contributed by atoms with Crippen molar-refractivity contribution in [3.8, 4) is 0 Å². The molecule has 1 aliphatic carbocycles. The number of benzene rings is 1. The van der Waals surface area contributed by atoms with Gasteiger partial charge in [-0.15, -0.1) is 0 Å². The van der Waals surface area contributed by atoms with E-state index in [1.165, 1.54) is 0 Å². The lowest BCUT2D eigenvalue weighted by molar-refractivity contribution is -0.124.